The normalized spacial score (nSPS) is 29.7. The van der Waals surface area contributed by atoms with Gasteiger partial charge in [0.25, 0.3) is 11.9 Å². The van der Waals surface area contributed by atoms with Gasteiger partial charge in [-0.15, -0.1) is 0 Å². The van der Waals surface area contributed by atoms with E-state index in [9.17, 15) is 30.0 Å². The van der Waals surface area contributed by atoms with Crippen LogP contribution in [-0.4, -0.2) is 66.6 Å². The molecule has 8 N–H and O–H groups in total. The van der Waals surface area contributed by atoms with E-state index in [-0.39, 0.29) is 42.7 Å². The summed E-state index contributed by atoms with van der Waals surface area (Å²) in [5.74, 6) is -0.323. The molecule has 5 rings (SSSR count). The van der Waals surface area contributed by atoms with Gasteiger partial charge in [-0.1, -0.05) is 19.6 Å². The molecule has 4 aliphatic rings. The lowest BCUT2D eigenvalue weighted by Gasteiger charge is -2.20. The van der Waals surface area contributed by atoms with Crippen molar-refractivity contribution < 1.29 is 30.0 Å². The van der Waals surface area contributed by atoms with Gasteiger partial charge in [-0.2, -0.15) is 0 Å². The van der Waals surface area contributed by atoms with E-state index in [2.05, 4.69) is 40.5 Å². The Bertz CT molecular complexity index is 1520. The summed E-state index contributed by atoms with van der Waals surface area (Å²) in [5, 5.41) is 49.5. The van der Waals surface area contributed by atoms with E-state index in [4.69, 9.17) is 0 Å². The fourth-order valence-electron chi connectivity index (χ4n) is 6.73. The minimum atomic E-state index is -0.883. The highest BCUT2D eigenvalue weighted by Gasteiger charge is 2.51. The zero-order valence-electron chi connectivity index (χ0n) is 25.6. The van der Waals surface area contributed by atoms with E-state index in [1.165, 1.54) is 17.8 Å². The largest absolute Gasteiger partial charge is 0.481 e. The molecule has 2 saturated heterocycles. The summed E-state index contributed by atoms with van der Waals surface area (Å²) >= 11 is 1.40. The molecule has 11 heteroatoms. The van der Waals surface area contributed by atoms with Crippen LogP contribution in [0.2, 0.25) is 0 Å². The standard InChI is InChI=1S/C33H42N4O6S/c1-6-19-15(2)24(36-33(19)43)11-22-16(3)20(7-9-29(38)39)25(34-22)13-26-21(8-10-30(40)41)17(4)23(35-26)12-27-31(28-14-44-28)18(5)32(42)37-27/h6,9,12-13,18,22,24,28,31-32,34-35,37-39,42H,1,7-8,10-11,14H2,2-5H3,(H,36,43)(H,40,41)/p+1/b25-13-,27-12-/t18-,22?,24-,28+,31-,32?/m1/s1. The number of amides is 1. The average molecular weight is 624 g/mol. The van der Waals surface area contributed by atoms with Crippen molar-refractivity contribution in [2.24, 2.45) is 11.8 Å². The van der Waals surface area contributed by atoms with Crippen molar-refractivity contribution >= 4 is 35.8 Å². The van der Waals surface area contributed by atoms with E-state index >= 15 is 0 Å². The van der Waals surface area contributed by atoms with Crippen LogP contribution < -0.4 is 16.0 Å². The molecule has 236 valence electrons. The highest BCUT2D eigenvalue weighted by molar-refractivity contribution is 7.86. The predicted molar refractivity (Wildman–Crippen MR) is 174 cm³/mol. The molecule has 1 aromatic heterocycles. The van der Waals surface area contributed by atoms with E-state index in [0.717, 1.165) is 56.4 Å². The summed E-state index contributed by atoms with van der Waals surface area (Å²) < 4.78 is 0. The lowest BCUT2D eigenvalue weighted by atomic mass is 9.91. The van der Waals surface area contributed by atoms with Crippen LogP contribution in [0.1, 0.15) is 62.5 Å². The second kappa shape index (κ2) is 12.6. The van der Waals surface area contributed by atoms with Crippen molar-refractivity contribution in [1.82, 2.24) is 20.9 Å². The molecule has 5 heterocycles. The van der Waals surface area contributed by atoms with Gasteiger partial charge in [0.2, 0.25) is 0 Å². The first-order chi connectivity index (χ1) is 20.9. The van der Waals surface area contributed by atoms with Crippen molar-refractivity contribution in [1.29, 1.82) is 0 Å². The number of rotatable bonds is 11. The Morgan fingerprint density at radius 1 is 1.05 bits per heavy atom. The maximum absolute atomic E-state index is 12.4. The summed E-state index contributed by atoms with van der Waals surface area (Å²) in [7, 11) is 0. The smallest absolute Gasteiger partial charge is 0.303 e. The number of aliphatic carboxylic acids is 1. The lowest BCUT2D eigenvalue weighted by molar-refractivity contribution is -0.137. The third kappa shape index (κ3) is 6.34. The average Bonchev–Trinajstić information content (AvgIpc) is 3.53. The first kappa shape index (κ1) is 31.6. The second-order valence-electron chi connectivity index (χ2n) is 12.2. The van der Waals surface area contributed by atoms with E-state index in [1.54, 1.807) is 6.08 Å². The number of carboxylic acids is 1. The van der Waals surface area contributed by atoms with Gasteiger partial charge in [-0.25, -0.2) is 0 Å². The van der Waals surface area contributed by atoms with E-state index < -0.39 is 18.1 Å². The number of nitrogens with one attached hydrogen (secondary N) is 4. The highest BCUT2D eigenvalue weighted by Crippen LogP contribution is 2.40. The Labute approximate surface area is 261 Å². The van der Waals surface area contributed by atoms with Gasteiger partial charge in [0, 0.05) is 52.8 Å². The Morgan fingerprint density at radius 3 is 2.36 bits per heavy atom. The van der Waals surface area contributed by atoms with Gasteiger partial charge in [-0.05, 0) is 91.8 Å². The molecular weight excluding hydrogens is 580 g/mol. The number of thiol groups is 1. The van der Waals surface area contributed by atoms with Gasteiger partial charge >= 0.3 is 5.97 Å². The summed E-state index contributed by atoms with van der Waals surface area (Å²) in [4.78, 5) is 27.5. The Hall–Kier alpha value is -3.83. The molecule has 6 atom stereocenters. The van der Waals surface area contributed by atoms with Crippen LogP contribution in [0.15, 0.2) is 58.4 Å². The summed E-state index contributed by atoms with van der Waals surface area (Å²) in [6, 6.07) is -0.294. The lowest BCUT2D eigenvalue weighted by Crippen LogP contribution is -2.36. The van der Waals surface area contributed by atoms with Crippen LogP contribution in [0, 0.1) is 18.8 Å². The number of carboxylic acid groups (broad SMARTS) is 1. The van der Waals surface area contributed by atoms with E-state index in [0.29, 0.717) is 23.7 Å². The molecule has 0 radical (unpaired) electrons. The number of carbonyl (C=O) groups is 2. The summed E-state index contributed by atoms with van der Waals surface area (Å²) in [6.07, 6.45) is 7.51. The molecule has 2 unspecified atom stereocenters. The molecule has 4 aliphatic heterocycles. The van der Waals surface area contributed by atoms with Crippen LogP contribution >= 0.6 is 0 Å². The SMILES string of the molecule is C=CC1=C(C)[C@@H](CC2N/C(=C\c3[nH]c(/C=C4\NC(O)[C@H](C)[C@H]4[C@@H]4C[SH+]4)c(C)c3CCC(=O)O)C(CC=C(O)O)=C2C)NC1=O. The third-order valence-corrected chi connectivity index (χ3v) is 10.6. The van der Waals surface area contributed by atoms with Gasteiger partial charge < -0.3 is 41.4 Å². The van der Waals surface area contributed by atoms with Crippen molar-refractivity contribution in [2.75, 3.05) is 5.75 Å². The Kier molecular flexibility index (Phi) is 9.08. The highest BCUT2D eigenvalue weighted by atomic mass is 32.2. The number of aromatic amines is 1. The third-order valence-electron chi connectivity index (χ3n) is 9.49. The second-order valence-corrected chi connectivity index (χ2v) is 13.6. The van der Waals surface area contributed by atoms with Crippen LogP contribution in [0.3, 0.4) is 0 Å². The number of carbonyl (C=O) groups excluding carboxylic acids is 1. The molecule has 2 fully saturated rings. The van der Waals surface area contributed by atoms with Crippen molar-refractivity contribution in [3.05, 3.63) is 80.9 Å². The minimum absolute atomic E-state index is 0.0278. The molecule has 0 aliphatic carbocycles. The molecule has 1 amide bonds. The van der Waals surface area contributed by atoms with Crippen molar-refractivity contribution in [2.45, 2.75) is 76.9 Å². The van der Waals surface area contributed by atoms with Gasteiger partial charge in [0.15, 0.2) is 11.0 Å². The zero-order chi connectivity index (χ0) is 31.9. The molecule has 1 aromatic rings. The van der Waals surface area contributed by atoms with Gasteiger partial charge in [0.1, 0.15) is 6.23 Å². The molecule has 44 heavy (non-hydrogen) atoms. The monoisotopic (exact) mass is 623 g/mol. The number of hydrogen-bond acceptors (Lipinski definition) is 7. The first-order valence-corrected chi connectivity index (χ1v) is 16.2. The molecular formula is C33H43N4O6S+. The Morgan fingerprint density at radius 2 is 1.75 bits per heavy atom. The topological polar surface area (TPSA) is 167 Å². The first-order valence-electron chi connectivity index (χ1n) is 15.1. The number of H-pyrrole nitrogens is 1. The maximum atomic E-state index is 12.4. The van der Waals surface area contributed by atoms with Crippen LogP contribution in [0.5, 0.6) is 0 Å². The molecule has 10 nitrogen and oxygen atoms in total. The molecule has 0 saturated carbocycles. The minimum Gasteiger partial charge on any atom is -0.481 e. The van der Waals surface area contributed by atoms with Gasteiger partial charge in [-0.3, -0.25) is 9.59 Å². The zero-order valence-corrected chi connectivity index (χ0v) is 26.5. The molecule has 0 bridgehead atoms. The molecule has 0 aromatic carbocycles. The number of hydrogen-bond donors (Lipinski definition) is 8. The summed E-state index contributed by atoms with van der Waals surface area (Å²) in [5.41, 5.74) is 8.69. The number of aromatic nitrogens is 1. The quantitative estimate of drug-likeness (QED) is 0.0804. The number of aliphatic hydroxyl groups is 3. The number of allylic oxidation sites excluding steroid dienone is 3. The summed E-state index contributed by atoms with van der Waals surface area (Å²) in [6.45, 7) is 11.7. The fraction of sp³-hybridized carbons (Fsp3) is 0.455. The maximum Gasteiger partial charge on any atom is 0.303 e. The fourth-order valence-corrected chi connectivity index (χ4v) is 7.74. The van der Waals surface area contributed by atoms with Crippen molar-refractivity contribution in [3.8, 4) is 0 Å². The van der Waals surface area contributed by atoms with Crippen LogP contribution in [-0.2, 0) is 27.8 Å². The number of aliphatic hydroxyl groups excluding tert-OH is 2. The predicted octanol–water partition coefficient (Wildman–Crippen LogP) is 3.42. The van der Waals surface area contributed by atoms with Crippen LogP contribution in [0.4, 0.5) is 0 Å². The van der Waals surface area contributed by atoms with Crippen molar-refractivity contribution in [3.63, 3.8) is 0 Å². The van der Waals surface area contributed by atoms with Gasteiger partial charge in [0.05, 0.1) is 12.0 Å². The van der Waals surface area contributed by atoms with E-state index in [1.807, 2.05) is 26.8 Å². The molecule has 0 spiro atoms. The van der Waals surface area contributed by atoms with Crippen LogP contribution in [0.25, 0.3) is 12.2 Å². The Balaban J connectivity index is 1.51.